The van der Waals surface area contributed by atoms with Crippen LogP contribution in [0.2, 0.25) is 0 Å². The highest BCUT2D eigenvalue weighted by molar-refractivity contribution is 6.06. The van der Waals surface area contributed by atoms with Crippen molar-refractivity contribution in [2.75, 3.05) is 5.43 Å². The summed E-state index contributed by atoms with van der Waals surface area (Å²) in [5.74, 6) is 6.62. The Kier molecular flexibility index (Phi) is 3.41. The molecular formula is C17H21N5O. The monoisotopic (exact) mass is 311 g/mol. The third kappa shape index (κ3) is 2.25. The molecule has 3 heterocycles. The van der Waals surface area contributed by atoms with Crippen LogP contribution in [-0.4, -0.2) is 15.0 Å². The van der Waals surface area contributed by atoms with Gasteiger partial charge in [0.2, 0.25) is 5.71 Å². The number of rotatable bonds is 3. The van der Waals surface area contributed by atoms with E-state index in [1.54, 1.807) is 0 Å². The first-order valence-corrected chi connectivity index (χ1v) is 8.23. The second-order valence-corrected chi connectivity index (χ2v) is 6.65. The summed E-state index contributed by atoms with van der Waals surface area (Å²) in [4.78, 5) is 13.4. The minimum absolute atomic E-state index is 0.503. The molecule has 0 saturated heterocycles. The largest absolute Gasteiger partial charge is 0.432 e. The lowest BCUT2D eigenvalue weighted by Crippen LogP contribution is -2.11. The molecule has 3 aromatic heterocycles. The zero-order valence-corrected chi connectivity index (χ0v) is 13.5. The Morgan fingerprint density at radius 3 is 2.74 bits per heavy atom. The molecule has 120 valence electrons. The van der Waals surface area contributed by atoms with E-state index in [1.165, 1.54) is 36.0 Å². The van der Waals surface area contributed by atoms with E-state index in [9.17, 15) is 0 Å². The summed E-state index contributed by atoms with van der Waals surface area (Å²) in [6, 6.07) is 0. The van der Waals surface area contributed by atoms with Crippen LogP contribution in [0.5, 0.6) is 0 Å². The molecule has 1 aliphatic carbocycles. The number of aryl methyl sites for hydroxylation is 1. The maximum Gasteiger partial charge on any atom is 0.229 e. The standard InChI is InChI=1S/C17H21N5O/c1-9(2)7-12-10-5-3-4-6-11(10)13-14-15(23-17(13)21-12)16(22-18)20-8-19-14/h8-9H,3-7,18H2,1-2H3,(H,19,20,22). The van der Waals surface area contributed by atoms with Crippen LogP contribution in [0, 0.1) is 5.92 Å². The van der Waals surface area contributed by atoms with Gasteiger partial charge in [0, 0.05) is 5.69 Å². The smallest absolute Gasteiger partial charge is 0.229 e. The summed E-state index contributed by atoms with van der Waals surface area (Å²) in [6.07, 6.45) is 7.08. The Hall–Kier alpha value is -2.21. The molecule has 1 aliphatic rings. The van der Waals surface area contributed by atoms with Gasteiger partial charge in [0.15, 0.2) is 11.4 Å². The van der Waals surface area contributed by atoms with Crippen molar-refractivity contribution in [1.82, 2.24) is 15.0 Å². The van der Waals surface area contributed by atoms with Crippen LogP contribution in [0.25, 0.3) is 22.2 Å². The highest BCUT2D eigenvalue weighted by atomic mass is 16.3. The van der Waals surface area contributed by atoms with Crippen molar-refractivity contribution in [3.05, 3.63) is 23.1 Å². The molecule has 0 atom stereocenters. The molecule has 0 aromatic carbocycles. The van der Waals surface area contributed by atoms with Crippen LogP contribution in [0.15, 0.2) is 10.7 Å². The number of hydrogen-bond donors (Lipinski definition) is 2. The van der Waals surface area contributed by atoms with E-state index in [4.69, 9.17) is 15.2 Å². The first-order chi connectivity index (χ1) is 11.2. The minimum atomic E-state index is 0.503. The van der Waals surface area contributed by atoms with Crippen molar-refractivity contribution in [2.24, 2.45) is 11.8 Å². The molecule has 3 N–H and O–H groups in total. The molecule has 23 heavy (non-hydrogen) atoms. The Morgan fingerprint density at radius 2 is 2.00 bits per heavy atom. The van der Waals surface area contributed by atoms with E-state index in [-0.39, 0.29) is 0 Å². The second-order valence-electron chi connectivity index (χ2n) is 6.65. The highest BCUT2D eigenvalue weighted by Gasteiger charge is 2.24. The summed E-state index contributed by atoms with van der Waals surface area (Å²) >= 11 is 0. The number of furan rings is 1. The first kappa shape index (κ1) is 14.4. The molecule has 0 radical (unpaired) electrons. The topological polar surface area (TPSA) is 89.9 Å². The maximum atomic E-state index is 5.98. The van der Waals surface area contributed by atoms with E-state index in [0.717, 1.165) is 30.2 Å². The number of pyridine rings is 1. The summed E-state index contributed by atoms with van der Waals surface area (Å²) < 4.78 is 5.98. The molecule has 0 saturated carbocycles. The zero-order chi connectivity index (χ0) is 16.0. The highest BCUT2D eigenvalue weighted by Crippen LogP contribution is 2.37. The number of nitrogen functional groups attached to an aromatic ring is 1. The number of nitrogens with two attached hydrogens (primary N) is 1. The first-order valence-electron chi connectivity index (χ1n) is 8.23. The molecule has 0 amide bonds. The quantitative estimate of drug-likeness (QED) is 0.570. The predicted octanol–water partition coefficient (Wildman–Crippen LogP) is 3.13. The fourth-order valence-electron chi connectivity index (χ4n) is 3.60. The van der Waals surface area contributed by atoms with Crippen molar-refractivity contribution < 1.29 is 4.42 Å². The van der Waals surface area contributed by atoms with E-state index < -0.39 is 0 Å². The van der Waals surface area contributed by atoms with Gasteiger partial charge in [-0.25, -0.2) is 20.8 Å². The van der Waals surface area contributed by atoms with Crippen LogP contribution in [0.1, 0.15) is 43.5 Å². The van der Waals surface area contributed by atoms with Gasteiger partial charge in [0.1, 0.15) is 11.8 Å². The molecule has 3 aromatic rings. The van der Waals surface area contributed by atoms with Gasteiger partial charge >= 0.3 is 0 Å². The summed E-state index contributed by atoms with van der Waals surface area (Å²) in [5.41, 5.74) is 8.58. The molecule has 0 bridgehead atoms. The van der Waals surface area contributed by atoms with Crippen LogP contribution in [0.3, 0.4) is 0 Å². The summed E-state index contributed by atoms with van der Waals surface area (Å²) in [5, 5.41) is 1.04. The Balaban J connectivity index is 2.07. The predicted molar refractivity (Wildman–Crippen MR) is 90.1 cm³/mol. The van der Waals surface area contributed by atoms with Crippen molar-refractivity contribution in [3.8, 4) is 0 Å². The maximum absolute atomic E-state index is 5.98. The Morgan fingerprint density at radius 1 is 1.22 bits per heavy atom. The lowest BCUT2D eigenvalue weighted by Gasteiger charge is -2.20. The number of aromatic nitrogens is 3. The lowest BCUT2D eigenvalue weighted by atomic mass is 9.87. The van der Waals surface area contributed by atoms with E-state index in [0.29, 0.717) is 23.0 Å². The van der Waals surface area contributed by atoms with Gasteiger partial charge in [-0.05, 0) is 49.1 Å². The molecule has 0 unspecified atom stereocenters. The van der Waals surface area contributed by atoms with Crippen LogP contribution in [0.4, 0.5) is 5.82 Å². The van der Waals surface area contributed by atoms with Gasteiger partial charge in [-0.3, -0.25) is 0 Å². The van der Waals surface area contributed by atoms with E-state index in [2.05, 4.69) is 29.2 Å². The van der Waals surface area contributed by atoms with Gasteiger partial charge in [0.05, 0.1) is 5.39 Å². The van der Waals surface area contributed by atoms with Crippen LogP contribution in [-0.2, 0) is 19.3 Å². The SMILES string of the molecule is CC(C)Cc1nc2oc3c(NN)ncnc3c2c2c1CCCC2. The van der Waals surface area contributed by atoms with Gasteiger partial charge in [-0.2, -0.15) is 0 Å². The van der Waals surface area contributed by atoms with Crippen molar-refractivity contribution in [1.29, 1.82) is 0 Å². The number of anilines is 1. The number of nitrogens with one attached hydrogen (secondary N) is 1. The zero-order valence-electron chi connectivity index (χ0n) is 13.5. The fourth-order valence-corrected chi connectivity index (χ4v) is 3.60. The van der Waals surface area contributed by atoms with Crippen molar-refractivity contribution in [2.45, 2.75) is 46.0 Å². The minimum Gasteiger partial charge on any atom is -0.432 e. The summed E-state index contributed by atoms with van der Waals surface area (Å²) in [6.45, 7) is 4.45. The van der Waals surface area contributed by atoms with Gasteiger partial charge in [-0.15, -0.1) is 0 Å². The average Bonchev–Trinajstić information content (AvgIpc) is 2.92. The molecule has 4 rings (SSSR count). The van der Waals surface area contributed by atoms with E-state index in [1.807, 2.05) is 0 Å². The van der Waals surface area contributed by atoms with Crippen molar-refractivity contribution >= 4 is 28.0 Å². The van der Waals surface area contributed by atoms with E-state index >= 15 is 0 Å². The molecule has 0 aliphatic heterocycles. The number of hydrazine groups is 1. The fraction of sp³-hybridized carbons (Fsp3) is 0.471. The number of fused-ring (bicyclic) bond motifs is 5. The average molecular weight is 311 g/mol. The normalized spacial score (nSPS) is 14.6. The third-order valence-electron chi connectivity index (χ3n) is 4.55. The van der Waals surface area contributed by atoms with Crippen LogP contribution < -0.4 is 11.3 Å². The summed E-state index contributed by atoms with van der Waals surface area (Å²) in [7, 11) is 0. The Labute approximate surface area is 134 Å². The second kappa shape index (κ2) is 5.45. The molecule has 6 nitrogen and oxygen atoms in total. The van der Waals surface area contributed by atoms with Gasteiger partial charge in [-0.1, -0.05) is 13.8 Å². The Bertz CT molecular complexity index is 884. The number of nitrogens with zero attached hydrogens (tertiary/aromatic N) is 3. The van der Waals surface area contributed by atoms with Gasteiger partial charge < -0.3 is 9.84 Å². The lowest BCUT2D eigenvalue weighted by molar-refractivity contribution is 0.601. The molecule has 0 spiro atoms. The molecule has 0 fully saturated rings. The number of hydrogen-bond acceptors (Lipinski definition) is 6. The van der Waals surface area contributed by atoms with Crippen LogP contribution >= 0.6 is 0 Å². The van der Waals surface area contributed by atoms with Gasteiger partial charge in [0.25, 0.3) is 0 Å². The third-order valence-corrected chi connectivity index (χ3v) is 4.55. The van der Waals surface area contributed by atoms with Crippen molar-refractivity contribution in [3.63, 3.8) is 0 Å². The molecule has 6 heteroatoms. The molecular weight excluding hydrogens is 290 g/mol.